The summed E-state index contributed by atoms with van der Waals surface area (Å²) >= 11 is 1.29. The fourth-order valence-electron chi connectivity index (χ4n) is 3.02. The minimum absolute atomic E-state index is 0.114. The Morgan fingerprint density at radius 2 is 1.77 bits per heavy atom. The lowest BCUT2D eigenvalue weighted by Gasteiger charge is -2.21. The molecule has 7 nitrogen and oxygen atoms in total. The van der Waals surface area contributed by atoms with Crippen molar-refractivity contribution in [2.24, 2.45) is 5.92 Å². The first-order valence-electron chi connectivity index (χ1n) is 10.2. The average molecular weight is 438 g/mol. The largest absolute Gasteiger partial charge is 0.326 e. The fourth-order valence-corrected chi connectivity index (χ4v) is 3.76. The van der Waals surface area contributed by atoms with Crippen LogP contribution >= 0.6 is 11.3 Å². The number of nitrogens with one attached hydrogen (secondary N) is 3. The van der Waals surface area contributed by atoms with Crippen molar-refractivity contribution in [3.63, 3.8) is 0 Å². The average Bonchev–Trinajstić information content (AvgIpc) is 3.21. The highest BCUT2D eigenvalue weighted by molar-refractivity contribution is 7.18. The Balaban J connectivity index is 1.63. The van der Waals surface area contributed by atoms with E-state index in [-0.39, 0.29) is 11.8 Å². The molecule has 2 aromatic carbocycles. The smallest absolute Gasteiger partial charge is 0.319 e. The normalized spacial score (nSPS) is 11.8. The molecular weight excluding hydrogens is 410 g/mol. The molecule has 3 aromatic rings. The summed E-state index contributed by atoms with van der Waals surface area (Å²) in [6.07, 6.45) is 0.930. The Hall–Kier alpha value is -3.26. The molecule has 0 aliphatic carbocycles. The third-order valence-electron chi connectivity index (χ3n) is 4.78. The summed E-state index contributed by atoms with van der Waals surface area (Å²) in [6, 6.07) is 14.4. The number of urea groups is 1. The van der Waals surface area contributed by atoms with Crippen LogP contribution in [0.15, 0.2) is 48.5 Å². The van der Waals surface area contributed by atoms with Gasteiger partial charge in [0.05, 0.1) is 0 Å². The number of rotatable bonds is 7. The van der Waals surface area contributed by atoms with Crippen LogP contribution in [0.4, 0.5) is 15.6 Å². The summed E-state index contributed by atoms with van der Waals surface area (Å²) < 4.78 is 0. The quantitative estimate of drug-likeness (QED) is 0.492. The predicted octanol–water partition coefficient (Wildman–Crippen LogP) is 4.86. The Morgan fingerprint density at radius 3 is 2.42 bits per heavy atom. The van der Waals surface area contributed by atoms with Crippen molar-refractivity contribution < 1.29 is 9.59 Å². The number of carbonyl (C=O) groups excluding carboxylic acids is 2. The Morgan fingerprint density at radius 1 is 1.03 bits per heavy atom. The zero-order valence-corrected chi connectivity index (χ0v) is 18.9. The molecule has 162 valence electrons. The van der Waals surface area contributed by atoms with Crippen LogP contribution < -0.4 is 16.0 Å². The Bertz CT molecular complexity index is 1050. The number of hydrogen-bond donors (Lipinski definition) is 3. The number of benzene rings is 2. The maximum atomic E-state index is 12.8. The highest BCUT2D eigenvalue weighted by Crippen LogP contribution is 2.27. The molecule has 3 amide bonds. The van der Waals surface area contributed by atoms with Crippen molar-refractivity contribution in [1.82, 2.24) is 15.5 Å². The summed E-state index contributed by atoms with van der Waals surface area (Å²) in [7, 11) is 0. The van der Waals surface area contributed by atoms with Crippen molar-refractivity contribution in [2.75, 3.05) is 10.6 Å². The van der Waals surface area contributed by atoms with Crippen molar-refractivity contribution >= 4 is 34.1 Å². The summed E-state index contributed by atoms with van der Waals surface area (Å²) in [6.45, 7) is 7.83. The first kappa shape index (κ1) is 22.4. The number of aryl methyl sites for hydroxylation is 2. The van der Waals surface area contributed by atoms with Crippen molar-refractivity contribution in [3.8, 4) is 10.6 Å². The number of carbonyl (C=O) groups is 2. The Kier molecular flexibility index (Phi) is 7.36. The number of hydrogen-bond acceptors (Lipinski definition) is 5. The molecule has 0 aliphatic heterocycles. The molecule has 0 bridgehead atoms. The monoisotopic (exact) mass is 437 g/mol. The topological polar surface area (TPSA) is 96.0 Å². The molecule has 31 heavy (non-hydrogen) atoms. The molecule has 0 fully saturated rings. The van der Waals surface area contributed by atoms with E-state index in [0.29, 0.717) is 10.8 Å². The van der Waals surface area contributed by atoms with Crippen LogP contribution in [0.3, 0.4) is 0 Å². The van der Waals surface area contributed by atoms with Gasteiger partial charge in [-0.05, 0) is 43.0 Å². The standard InChI is InChI=1S/C23H27N5O2S/c1-5-16-9-11-18(12-10-16)24-22(30)25-19(14(2)3)20(29)26-23-28-27-21(31-23)17-8-6-7-15(4)13-17/h6-14,19H,5H2,1-4H3,(H2,24,25,30)(H,26,28,29). The number of anilines is 2. The summed E-state index contributed by atoms with van der Waals surface area (Å²) in [5, 5.41) is 17.7. The lowest BCUT2D eigenvalue weighted by atomic mass is 10.0. The SMILES string of the molecule is CCc1ccc(NC(=O)NC(C(=O)Nc2nnc(-c3cccc(C)c3)s2)C(C)C)cc1. The van der Waals surface area contributed by atoms with Crippen molar-refractivity contribution in [3.05, 3.63) is 59.7 Å². The number of aromatic nitrogens is 2. The second-order valence-corrected chi connectivity index (χ2v) is 8.62. The maximum absolute atomic E-state index is 12.8. The van der Waals surface area contributed by atoms with E-state index < -0.39 is 12.1 Å². The van der Waals surface area contributed by atoms with E-state index in [4.69, 9.17) is 0 Å². The van der Waals surface area contributed by atoms with Gasteiger partial charge in [-0.2, -0.15) is 0 Å². The van der Waals surface area contributed by atoms with E-state index in [1.165, 1.54) is 16.9 Å². The van der Waals surface area contributed by atoms with Gasteiger partial charge in [0.2, 0.25) is 11.0 Å². The van der Waals surface area contributed by atoms with Gasteiger partial charge in [-0.3, -0.25) is 10.1 Å². The maximum Gasteiger partial charge on any atom is 0.319 e. The van der Waals surface area contributed by atoms with Crippen LogP contribution in [0.25, 0.3) is 10.6 Å². The van der Waals surface area contributed by atoms with Crippen LogP contribution in [0.5, 0.6) is 0 Å². The second-order valence-electron chi connectivity index (χ2n) is 7.64. The van der Waals surface area contributed by atoms with Gasteiger partial charge in [0.15, 0.2) is 0 Å². The minimum atomic E-state index is -0.721. The van der Waals surface area contributed by atoms with Crippen LogP contribution in [-0.2, 0) is 11.2 Å². The summed E-state index contributed by atoms with van der Waals surface area (Å²) in [5.74, 6) is -0.448. The first-order chi connectivity index (χ1) is 14.9. The van der Waals surface area contributed by atoms with E-state index in [9.17, 15) is 9.59 Å². The molecule has 1 aromatic heterocycles. The minimum Gasteiger partial charge on any atom is -0.326 e. The third-order valence-corrected chi connectivity index (χ3v) is 5.66. The highest BCUT2D eigenvalue weighted by atomic mass is 32.1. The van der Waals surface area contributed by atoms with Crippen LogP contribution in [-0.4, -0.2) is 28.2 Å². The lowest BCUT2D eigenvalue weighted by Crippen LogP contribution is -2.48. The van der Waals surface area contributed by atoms with Gasteiger partial charge < -0.3 is 10.6 Å². The molecule has 0 spiro atoms. The molecule has 0 radical (unpaired) electrons. The van der Waals surface area contributed by atoms with E-state index in [1.807, 2.05) is 69.3 Å². The molecular formula is C23H27N5O2S. The van der Waals surface area contributed by atoms with Gasteiger partial charge in [0, 0.05) is 11.3 Å². The zero-order chi connectivity index (χ0) is 22.4. The predicted molar refractivity (Wildman–Crippen MR) is 125 cm³/mol. The van der Waals surface area contributed by atoms with Crippen LogP contribution in [0.2, 0.25) is 0 Å². The molecule has 3 rings (SSSR count). The fraction of sp³-hybridized carbons (Fsp3) is 0.304. The van der Waals surface area contributed by atoms with E-state index >= 15 is 0 Å². The molecule has 3 N–H and O–H groups in total. The summed E-state index contributed by atoms with van der Waals surface area (Å²) in [4.78, 5) is 25.2. The first-order valence-corrected chi connectivity index (χ1v) is 11.0. The highest BCUT2D eigenvalue weighted by Gasteiger charge is 2.25. The van der Waals surface area contributed by atoms with Crippen molar-refractivity contribution in [2.45, 2.75) is 40.2 Å². The van der Waals surface area contributed by atoms with Crippen LogP contribution in [0, 0.1) is 12.8 Å². The van der Waals surface area contributed by atoms with Crippen molar-refractivity contribution in [1.29, 1.82) is 0 Å². The third kappa shape index (κ3) is 6.11. The van der Waals surface area contributed by atoms with Gasteiger partial charge in [0.25, 0.3) is 0 Å². The molecule has 0 saturated heterocycles. The van der Waals surface area contributed by atoms with E-state index in [0.717, 1.165) is 22.6 Å². The van der Waals surface area contributed by atoms with Gasteiger partial charge in [-0.15, -0.1) is 10.2 Å². The van der Waals surface area contributed by atoms with Gasteiger partial charge in [-0.25, -0.2) is 4.79 Å². The molecule has 1 unspecified atom stereocenters. The van der Waals surface area contributed by atoms with Gasteiger partial charge in [0.1, 0.15) is 11.0 Å². The van der Waals surface area contributed by atoms with Crippen LogP contribution in [0.1, 0.15) is 31.9 Å². The molecule has 1 atom stereocenters. The molecule has 1 heterocycles. The zero-order valence-electron chi connectivity index (χ0n) is 18.1. The van der Waals surface area contributed by atoms with Gasteiger partial charge >= 0.3 is 6.03 Å². The lowest BCUT2D eigenvalue weighted by molar-refractivity contribution is -0.118. The van der Waals surface area contributed by atoms with E-state index in [2.05, 4.69) is 33.1 Å². The van der Waals surface area contributed by atoms with Gasteiger partial charge in [-0.1, -0.05) is 68.0 Å². The Labute approximate surface area is 186 Å². The second kappa shape index (κ2) is 10.2. The molecule has 0 aliphatic rings. The van der Waals surface area contributed by atoms with E-state index in [1.54, 1.807) is 0 Å². The number of nitrogens with zero attached hydrogens (tertiary/aromatic N) is 2. The summed E-state index contributed by atoms with van der Waals surface area (Å²) in [5.41, 5.74) is 3.93. The number of amides is 3. The molecule has 8 heteroatoms. The molecule has 0 saturated carbocycles.